The summed E-state index contributed by atoms with van der Waals surface area (Å²) in [5.74, 6) is 0.00818. The molecule has 0 radical (unpaired) electrons. The van der Waals surface area contributed by atoms with Gasteiger partial charge in [0.05, 0.1) is 18.5 Å². The third kappa shape index (κ3) is 3.76. The average molecular weight is 300 g/mol. The largest absolute Gasteiger partial charge is 0.333 e. The van der Waals surface area contributed by atoms with Gasteiger partial charge in [-0.3, -0.25) is 4.79 Å². The van der Waals surface area contributed by atoms with Crippen LogP contribution in [0.15, 0.2) is 24.3 Å². The molecule has 1 atom stereocenters. The maximum atomic E-state index is 12.1. The molecule has 2 rings (SSSR count). The van der Waals surface area contributed by atoms with Crippen molar-refractivity contribution in [2.75, 3.05) is 25.0 Å². The summed E-state index contributed by atoms with van der Waals surface area (Å²) in [6.45, 7) is 2.85. The summed E-state index contributed by atoms with van der Waals surface area (Å²) in [5, 5.41) is 11.4. The fourth-order valence-electron chi connectivity index (χ4n) is 2.38. The molecule has 3 amide bonds. The van der Waals surface area contributed by atoms with E-state index in [4.69, 9.17) is 5.26 Å². The van der Waals surface area contributed by atoms with E-state index in [1.807, 2.05) is 37.3 Å². The highest BCUT2D eigenvalue weighted by atomic mass is 16.2. The fraction of sp³-hybridized carbons (Fsp3) is 0.438. The van der Waals surface area contributed by atoms with E-state index in [1.165, 1.54) is 4.90 Å². The Labute approximate surface area is 130 Å². The van der Waals surface area contributed by atoms with Gasteiger partial charge >= 0.3 is 6.03 Å². The van der Waals surface area contributed by atoms with Crippen LogP contribution in [0.2, 0.25) is 0 Å². The first-order valence-corrected chi connectivity index (χ1v) is 7.27. The van der Waals surface area contributed by atoms with Crippen molar-refractivity contribution in [2.24, 2.45) is 0 Å². The van der Waals surface area contributed by atoms with Gasteiger partial charge in [0, 0.05) is 32.2 Å². The lowest BCUT2D eigenvalue weighted by Gasteiger charge is -2.20. The van der Waals surface area contributed by atoms with Crippen molar-refractivity contribution in [1.82, 2.24) is 10.2 Å². The SMILES string of the molecule is Cc1ccc(N2CC(NC(=O)N(C)CCC#N)CC2=O)cc1. The molecule has 1 heterocycles. The van der Waals surface area contributed by atoms with Crippen molar-refractivity contribution in [3.63, 3.8) is 0 Å². The van der Waals surface area contributed by atoms with E-state index in [1.54, 1.807) is 11.9 Å². The average Bonchev–Trinajstić information content (AvgIpc) is 2.86. The fourth-order valence-corrected chi connectivity index (χ4v) is 2.38. The normalized spacial score (nSPS) is 17.2. The van der Waals surface area contributed by atoms with Crippen LogP contribution in [0.3, 0.4) is 0 Å². The van der Waals surface area contributed by atoms with Gasteiger partial charge in [-0.15, -0.1) is 0 Å². The second kappa shape index (κ2) is 6.94. The Bertz CT molecular complexity index is 591. The van der Waals surface area contributed by atoms with Crippen LogP contribution in [0, 0.1) is 18.3 Å². The zero-order valence-electron chi connectivity index (χ0n) is 12.9. The first kappa shape index (κ1) is 15.8. The number of benzene rings is 1. The van der Waals surface area contributed by atoms with Crippen LogP contribution in [0.4, 0.5) is 10.5 Å². The van der Waals surface area contributed by atoms with Gasteiger partial charge in [0.15, 0.2) is 0 Å². The van der Waals surface area contributed by atoms with E-state index in [0.29, 0.717) is 25.9 Å². The standard InChI is InChI=1S/C16H20N4O2/c1-12-4-6-14(7-5-12)20-11-13(10-15(20)21)18-16(22)19(2)9-3-8-17/h4-7,13H,3,9-11H2,1-2H3,(H,18,22). The smallest absolute Gasteiger partial charge is 0.317 e. The third-order valence-corrected chi connectivity index (χ3v) is 3.70. The molecule has 1 saturated heterocycles. The van der Waals surface area contributed by atoms with Crippen LogP contribution in [0.25, 0.3) is 0 Å². The highest BCUT2D eigenvalue weighted by molar-refractivity contribution is 5.96. The molecule has 22 heavy (non-hydrogen) atoms. The van der Waals surface area contributed by atoms with E-state index < -0.39 is 0 Å². The molecule has 1 unspecified atom stereocenters. The number of rotatable bonds is 4. The minimum atomic E-state index is -0.251. The summed E-state index contributed by atoms with van der Waals surface area (Å²) < 4.78 is 0. The molecule has 6 nitrogen and oxygen atoms in total. The summed E-state index contributed by atoms with van der Waals surface area (Å²) in [6, 6.07) is 9.30. The molecule has 0 saturated carbocycles. The second-order valence-electron chi connectivity index (χ2n) is 5.52. The van der Waals surface area contributed by atoms with Crippen LogP contribution < -0.4 is 10.2 Å². The number of carbonyl (C=O) groups excluding carboxylic acids is 2. The number of nitriles is 1. The highest BCUT2D eigenvalue weighted by Crippen LogP contribution is 2.22. The monoisotopic (exact) mass is 300 g/mol. The minimum absolute atomic E-state index is 0.00818. The zero-order valence-corrected chi connectivity index (χ0v) is 12.9. The number of nitrogens with zero attached hydrogens (tertiary/aromatic N) is 3. The third-order valence-electron chi connectivity index (χ3n) is 3.70. The van der Waals surface area contributed by atoms with E-state index >= 15 is 0 Å². The minimum Gasteiger partial charge on any atom is -0.333 e. The predicted octanol–water partition coefficient (Wildman–Crippen LogP) is 1.66. The molecule has 116 valence electrons. The van der Waals surface area contributed by atoms with Crippen molar-refractivity contribution in [2.45, 2.75) is 25.8 Å². The van der Waals surface area contributed by atoms with Gasteiger partial charge in [0.25, 0.3) is 0 Å². The summed E-state index contributed by atoms with van der Waals surface area (Å²) in [6.07, 6.45) is 0.592. The molecular weight excluding hydrogens is 280 g/mol. The molecule has 1 aromatic carbocycles. The molecule has 1 aliphatic rings. The lowest BCUT2D eigenvalue weighted by atomic mass is 10.2. The first-order chi connectivity index (χ1) is 10.5. The Hall–Kier alpha value is -2.55. The van der Waals surface area contributed by atoms with Crippen LogP contribution in [0.1, 0.15) is 18.4 Å². The van der Waals surface area contributed by atoms with Gasteiger partial charge < -0.3 is 15.1 Å². The van der Waals surface area contributed by atoms with Crippen LogP contribution in [0.5, 0.6) is 0 Å². The molecule has 1 aromatic rings. The van der Waals surface area contributed by atoms with Crippen LogP contribution in [-0.2, 0) is 4.79 Å². The van der Waals surface area contributed by atoms with Gasteiger partial charge in [-0.1, -0.05) is 17.7 Å². The molecule has 1 aliphatic heterocycles. The topological polar surface area (TPSA) is 76.4 Å². The summed E-state index contributed by atoms with van der Waals surface area (Å²) >= 11 is 0. The number of hydrogen-bond donors (Lipinski definition) is 1. The summed E-state index contributed by atoms with van der Waals surface area (Å²) in [5.41, 5.74) is 1.99. The molecular formula is C16H20N4O2. The number of hydrogen-bond acceptors (Lipinski definition) is 3. The lowest BCUT2D eigenvalue weighted by molar-refractivity contribution is -0.117. The molecule has 1 fully saturated rings. The number of nitrogens with one attached hydrogen (secondary N) is 1. The Balaban J connectivity index is 1.93. The molecule has 0 aromatic heterocycles. The molecule has 0 spiro atoms. The highest BCUT2D eigenvalue weighted by Gasteiger charge is 2.31. The zero-order chi connectivity index (χ0) is 16.1. The maximum Gasteiger partial charge on any atom is 0.317 e. The Morgan fingerprint density at radius 1 is 1.45 bits per heavy atom. The van der Waals surface area contributed by atoms with Crippen molar-refractivity contribution < 1.29 is 9.59 Å². The second-order valence-corrected chi connectivity index (χ2v) is 5.52. The summed E-state index contributed by atoms with van der Waals surface area (Å²) in [7, 11) is 1.64. The van der Waals surface area contributed by atoms with E-state index in [9.17, 15) is 9.59 Å². The molecule has 1 N–H and O–H groups in total. The van der Waals surface area contributed by atoms with Gasteiger partial charge in [-0.2, -0.15) is 5.26 Å². The van der Waals surface area contributed by atoms with Gasteiger partial charge in [0.2, 0.25) is 5.91 Å². The lowest BCUT2D eigenvalue weighted by Crippen LogP contribution is -2.44. The Morgan fingerprint density at radius 3 is 2.77 bits per heavy atom. The van der Waals surface area contributed by atoms with Crippen molar-refractivity contribution >= 4 is 17.6 Å². The van der Waals surface area contributed by atoms with Crippen molar-refractivity contribution in [1.29, 1.82) is 5.26 Å². The Kier molecular flexibility index (Phi) is 4.99. The number of urea groups is 1. The maximum absolute atomic E-state index is 12.1. The quantitative estimate of drug-likeness (QED) is 0.918. The van der Waals surface area contributed by atoms with Crippen LogP contribution in [-0.4, -0.2) is 43.0 Å². The van der Waals surface area contributed by atoms with Crippen molar-refractivity contribution in [3.8, 4) is 6.07 Å². The Morgan fingerprint density at radius 2 is 2.14 bits per heavy atom. The van der Waals surface area contributed by atoms with Gasteiger partial charge in [0.1, 0.15) is 0 Å². The van der Waals surface area contributed by atoms with Crippen LogP contribution >= 0.6 is 0 Å². The van der Waals surface area contributed by atoms with Crippen molar-refractivity contribution in [3.05, 3.63) is 29.8 Å². The molecule has 6 heteroatoms. The number of amides is 3. The first-order valence-electron chi connectivity index (χ1n) is 7.27. The molecule has 0 aliphatic carbocycles. The van der Waals surface area contributed by atoms with E-state index in [2.05, 4.69) is 5.32 Å². The van der Waals surface area contributed by atoms with Gasteiger partial charge in [-0.05, 0) is 19.1 Å². The van der Waals surface area contributed by atoms with E-state index in [0.717, 1.165) is 11.3 Å². The predicted molar refractivity (Wildman–Crippen MR) is 83.3 cm³/mol. The number of anilines is 1. The number of aryl methyl sites for hydroxylation is 1. The van der Waals surface area contributed by atoms with E-state index in [-0.39, 0.29) is 18.0 Å². The molecule has 0 bridgehead atoms. The summed E-state index contributed by atoms with van der Waals surface area (Å²) in [4.78, 5) is 27.2. The van der Waals surface area contributed by atoms with Gasteiger partial charge in [-0.25, -0.2) is 4.79 Å². The number of carbonyl (C=O) groups is 2.